The molecule has 0 amide bonds. The third-order valence-corrected chi connectivity index (χ3v) is 6.39. The monoisotopic (exact) mass is 440 g/mol. The number of aryl methyl sites for hydroxylation is 1. The second-order valence-corrected chi connectivity index (χ2v) is 8.67. The van der Waals surface area contributed by atoms with E-state index < -0.39 is 0 Å². The molecule has 1 aliphatic rings. The molecule has 4 aromatic rings. The SMILES string of the molecule is Cc1ccccc1-c1cc2cnc(Nc3ccc(N4CCN(C)CC4)cc3)nc2c(=O)n1C. The van der Waals surface area contributed by atoms with Crippen LogP contribution in [-0.2, 0) is 7.05 Å². The summed E-state index contributed by atoms with van der Waals surface area (Å²) < 4.78 is 1.66. The van der Waals surface area contributed by atoms with E-state index in [0.29, 0.717) is 11.5 Å². The van der Waals surface area contributed by atoms with Gasteiger partial charge in [0.15, 0.2) is 0 Å². The molecule has 3 heterocycles. The van der Waals surface area contributed by atoms with Crippen LogP contribution in [0.4, 0.5) is 17.3 Å². The Labute approximate surface area is 193 Å². The van der Waals surface area contributed by atoms with Gasteiger partial charge in [-0.1, -0.05) is 24.3 Å². The van der Waals surface area contributed by atoms with Crippen molar-refractivity contribution in [1.29, 1.82) is 0 Å². The minimum atomic E-state index is -0.137. The van der Waals surface area contributed by atoms with E-state index in [9.17, 15) is 4.79 Å². The van der Waals surface area contributed by atoms with Gasteiger partial charge in [0, 0.05) is 61.7 Å². The van der Waals surface area contributed by atoms with Crippen LogP contribution in [0.1, 0.15) is 5.56 Å². The van der Waals surface area contributed by atoms with E-state index in [4.69, 9.17) is 0 Å². The van der Waals surface area contributed by atoms with Gasteiger partial charge in [-0.15, -0.1) is 0 Å². The predicted octanol–water partition coefficient (Wildman–Crippen LogP) is 3.80. The van der Waals surface area contributed by atoms with Crippen LogP contribution in [0.25, 0.3) is 22.2 Å². The molecule has 1 saturated heterocycles. The third-order valence-electron chi connectivity index (χ3n) is 6.39. The normalized spacial score (nSPS) is 14.6. The smallest absolute Gasteiger partial charge is 0.277 e. The number of aromatic nitrogens is 3. The Morgan fingerprint density at radius 2 is 1.67 bits per heavy atom. The fourth-order valence-corrected chi connectivity index (χ4v) is 4.31. The standard InChI is InChI=1S/C26H28N6O/c1-18-6-4-5-7-22(18)23-16-19-17-27-26(29-24(19)25(33)31(23)3)28-20-8-10-21(11-9-20)32-14-12-30(2)13-15-32/h4-11,16-17H,12-15H2,1-3H3,(H,27,28,29). The van der Waals surface area contributed by atoms with Gasteiger partial charge in [0.1, 0.15) is 5.52 Å². The molecule has 0 bridgehead atoms. The van der Waals surface area contributed by atoms with Crippen LogP contribution in [0.5, 0.6) is 0 Å². The summed E-state index contributed by atoms with van der Waals surface area (Å²) in [5.41, 5.74) is 5.37. The molecule has 7 heteroatoms. The molecule has 0 radical (unpaired) electrons. The van der Waals surface area contributed by atoms with E-state index >= 15 is 0 Å². The van der Waals surface area contributed by atoms with E-state index in [1.165, 1.54) is 5.69 Å². The maximum absolute atomic E-state index is 13.1. The molecule has 0 aliphatic carbocycles. The largest absolute Gasteiger partial charge is 0.369 e. The average Bonchev–Trinajstić information content (AvgIpc) is 2.83. The molecule has 1 N–H and O–H groups in total. The Bertz CT molecular complexity index is 1350. The summed E-state index contributed by atoms with van der Waals surface area (Å²) >= 11 is 0. The van der Waals surface area contributed by atoms with Crippen LogP contribution in [-0.4, -0.2) is 52.7 Å². The first kappa shape index (κ1) is 21.2. The number of likely N-dealkylation sites (N-methyl/N-ethyl adjacent to an activating group) is 1. The molecule has 1 fully saturated rings. The zero-order valence-corrected chi connectivity index (χ0v) is 19.2. The van der Waals surface area contributed by atoms with Gasteiger partial charge in [-0.2, -0.15) is 0 Å². The molecule has 0 atom stereocenters. The number of hydrogen-bond acceptors (Lipinski definition) is 6. The van der Waals surface area contributed by atoms with Crippen molar-refractivity contribution in [2.75, 3.05) is 43.4 Å². The molecule has 2 aromatic heterocycles. The van der Waals surface area contributed by atoms with Crippen molar-refractivity contribution in [3.8, 4) is 11.3 Å². The molecule has 0 saturated carbocycles. The Balaban J connectivity index is 1.41. The van der Waals surface area contributed by atoms with Crippen LogP contribution in [0.3, 0.4) is 0 Å². The molecule has 1 aliphatic heterocycles. The molecule has 168 valence electrons. The van der Waals surface area contributed by atoms with Gasteiger partial charge in [-0.3, -0.25) is 4.79 Å². The second-order valence-electron chi connectivity index (χ2n) is 8.67. The molecule has 0 spiro atoms. The van der Waals surface area contributed by atoms with Gasteiger partial charge in [-0.05, 0) is 49.9 Å². The van der Waals surface area contributed by atoms with Gasteiger partial charge >= 0.3 is 0 Å². The highest BCUT2D eigenvalue weighted by molar-refractivity contribution is 5.83. The zero-order chi connectivity index (χ0) is 22.9. The lowest BCUT2D eigenvalue weighted by Crippen LogP contribution is -2.44. The molecule has 2 aromatic carbocycles. The number of fused-ring (bicyclic) bond motifs is 1. The number of pyridine rings is 1. The van der Waals surface area contributed by atoms with E-state index in [1.807, 2.05) is 49.4 Å². The Hall–Kier alpha value is -3.71. The van der Waals surface area contributed by atoms with Crippen molar-refractivity contribution in [3.05, 3.63) is 76.7 Å². The minimum Gasteiger partial charge on any atom is -0.369 e. The maximum Gasteiger partial charge on any atom is 0.277 e. The van der Waals surface area contributed by atoms with Crippen LogP contribution >= 0.6 is 0 Å². The molecule has 33 heavy (non-hydrogen) atoms. The van der Waals surface area contributed by atoms with Gasteiger partial charge in [-0.25, -0.2) is 9.97 Å². The van der Waals surface area contributed by atoms with Gasteiger partial charge in [0.05, 0.1) is 5.69 Å². The lowest BCUT2D eigenvalue weighted by Gasteiger charge is -2.34. The van der Waals surface area contributed by atoms with Gasteiger partial charge in [0.2, 0.25) is 5.95 Å². The highest BCUT2D eigenvalue weighted by Crippen LogP contribution is 2.25. The summed E-state index contributed by atoms with van der Waals surface area (Å²) in [4.78, 5) is 26.9. The number of piperazine rings is 1. The quantitative estimate of drug-likeness (QED) is 0.521. The Morgan fingerprint density at radius 3 is 2.39 bits per heavy atom. The summed E-state index contributed by atoms with van der Waals surface area (Å²) in [6.07, 6.45) is 1.71. The van der Waals surface area contributed by atoms with Crippen LogP contribution in [0.2, 0.25) is 0 Å². The lowest BCUT2D eigenvalue weighted by atomic mass is 10.0. The first-order valence-electron chi connectivity index (χ1n) is 11.2. The minimum absolute atomic E-state index is 0.137. The average molecular weight is 441 g/mol. The number of benzene rings is 2. The number of rotatable bonds is 4. The molecular formula is C26H28N6O. The highest BCUT2D eigenvalue weighted by Gasteiger charge is 2.15. The van der Waals surface area contributed by atoms with Crippen molar-refractivity contribution < 1.29 is 0 Å². The fourth-order valence-electron chi connectivity index (χ4n) is 4.31. The number of nitrogens with zero attached hydrogens (tertiary/aromatic N) is 5. The van der Waals surface area contributed by atoms with Gasteiger partial charge < -0.3 is 19.7 Å². The number of anilines is 3. The highest BCUT2D eigenvalue weighted by atomic mass is 16.1. The summed E-state index contributed by atoms with van der Waals surface area (Å²) in [5, 5.41) is 3.97. The van der Waals surface area contributed by atoms with Gasteiger partial charge in [0.25, 0.3) is 5.56 Å². The van der Waals surface area contributed by atoms with E-state index in [0.717, 1.165) is 54.1 Å². The third kappa shape index (κ3) is 4.19. The summed E-state index contributed by atoms with van der Waals surface area (Å²) in [7, 11) is 3.95. The van der Waals surface area contributed by atoms with E-state index in [1.54, 1.807) is 17.8 Å². The molecule has 5 rings (SSSR count). The van der Waals surface area contributed by atoms with E-state index in [-0.39, 0.29) is 5.56 Å². The lowest BCUT2D eigenvalue weighted by molar-refractivity contribution is 0.313. The molecule has 0 unspecified atom stereocenters. The van der Waals surface area contributed by atoms with Crippen LogP contribution < -0.4 is 15.8 Å². The summed E-state index contributed by atoms with van der Waals surface area (Å²) in [6.45, 7) is 6.26. The molecule has 7 nitrogen and oxygen atoms in total. The van der Waals surface area contributed by atoms with Crippen molar-refractivity contribution in [2.24, 2.45) is 7.05 Å². The first-order valence-corrected chi connectivity index (χ1v) is 11.2. The maximum atomic E-state index is 13.1. The Kier molecular flexibility index (Phi) is 5.56. The van der Waals surface area contributed by atoms with E-state index in [2.05, 4.69) is 44.3 Å². The van der Waals surface area contributed by atoms with Crippen molar-refractivity contribution in [3.63, 3.8) is 0 Å². The Morgan fingerprint density at radius 1 is 0.939 bits per heavy atom. The topological polar surface area (TPSA) is 66.3 Å². The zero-order valence-electron chi connectivity index (χ0n) is 19.2. The van der Waals surface area contributed by atoms with Crippen molar-refractivity contribution in [1.82, 2.24) is 19.4 Å². The first-order chi connectivity index (χ1) is 16.0. The van der Waals surface area contributed by atoms with Crippen LogP contribution in [0, 0.1) is 6.92 Å². The number of nitrogens with one attached hydrogen (secondary N) is 1. The second kappa shape index (κ2) is 8.67. The number of hydrogen-bond donors (Lipinski definition) is 1. The summed E-state index contributed by atoms with van der Waals surface area (Å²) in [5.74, 6) is 0.413. The van der Waals surface area contributed by atoms with Crippen molar-refractivity contribution in [2.45, 2.75) is 6.92 Å². The summed E-state index contributed by atoms with van der Waals surface area (Å²) in [6, 6.07) is 18.3. The van der Waals surface area contributed by atoms with Crippen molar-refractivity contribution >= 4 is 28.2 Å². The fraction of sp³-hybridized carbons (Fsp3) is 0.269. The molecular weight excluding hydrogens is 412 g/mol. The van der Waals surface area contributed by atoms with Crippen LogP contribution in [0.15, 0.2) is 65.6 Å². The predicted molar refractivity (Wildman–Crippen MR) is 134 cm³/mol.